The Labute approximate surface area is 199 Å². The van der Waals surface area contributed by atoms with Gasteiger partial charge in [-0.05, 0) is 78.6 Å². The van der Waals surface area contributed by atoms with E-state index in [1.54, 1.807) is 6.07 Å². The standard InChI is InChI=1S/C28H30N2O4/c31-26(22-9-5-19(6-10-22)17-20-7-11-23(12-8-20)28(33)34)29-15-16-30-27(32)25-14-13-21-3-1-2-4-24(21)18-25/h1-6,9-10,13-14,18,20,23H,7-8,11-12,15-17H2,(H,29,31)(H,30,32)(H,33,34). The van der Waals surface area contributed by atoms with Crippen molar-refractivity contribution >= 4 is 28.6 Å². The molecule has 6 heteroatoms. The maximum atomic E-state index is 12.4. The van der Waals surface area contributed by atoms with Crippen molar-refractivity contribution in [3.63, 3.8) is 0 Å². The molecule has 0 spiro atoms. The summed E-state index contributed by atoms with van der Waals surface area (Å²) in [4.78, 5) is 35.9. The maximum absolute atomic E-state index is 12.4. The zero-order chi connectivity index (χ0) is 23.9. The second-order valence-electron chi connectivity index (χ2n) is 9.03. The van der Waals surface area contributed by atoms with E-state index in [0.717, 1.165) is 48.4 Å². The Balaban J connectivity index is 1.19. The normalized spacial score (nSPS) is 17.8. The molecule has 3 aromatic rings. The number of fused-ring (bicyclic) bond motifs is 1. The van der Waals surface area contributed by atoms with E-state index in [-0.39, 0.29) is 17.7 Å². The average Bonchev–Trinajstić information content (AvgIpc) is 2.87. The van der Waals surface area contributed by atoms with Crippen LogP contribution in [0.3, 0.4) is 0 Å². The molecule has 3 aromatic carbocycles. The lowest BCUT2D eigenvalue weighted by Crippen LogP contribution is -2.34. The molecule has 1 saturated carbocycles. The molecule has 34 heavy (non-hydrogen) atoms. The van der Waals surface area contributed by atoms with Gasteiger partial charge in [-0.15, -0.1) is 0 Å². The molecule has 0 bridgehead atoms. The predicted octanol–water partition coefficient (Wildman–Crippen LogP) is 4.43. The first-order valence-corrected chi connectivity index (χ1v) is 11.9. The van der Waals surface area contributed by atoms with E-state index in [9.17, 15) is 14.4 Å². The van der Waals surface area contributed by atoms with Crippen molar-refractivity contribution in [3.8, 4) is 0 Å². The number of hydrogen-bond acceptors (Lipinski definition) is 3. The number of aliphatic carboxylic acids is 1. The van der Waals surface area contributed by atoms with Crippen molar-refractivity contribution < 1.29 is 19.5 Å². The highest BCUT2D eigenvalue weighted by molar-refractivity contribution is 5.98. The summed E-state index contributed by atoms with van der Waals surface area (Å²) < 4.78 is 0. The van der Waals surface area contributed by atoms with Gasteiger partial charge in [0.15, 0.2) is 0 Å². The van der Waals surface area contributed by atoms with Crippen molar-refractivity contribution in [1.29, 1.82) is 0 Å². The van der Waals surface area contributed by atoms with Crippen molar-refractivity contribution in [1.82, 2.24) is 10.6 Å². The highest BCUT2D eigenvalue weighted by Crippen LogP contribution is 2.31. The van der Waals surface area contributed by atoms with Crippen molar-refractivity contribution in [2.24, 2.45) is 11.8 Å². The van der Waals surface area contributed by atoms with Crippen molar-refractivity contribution in [2.75, 3.05) is 13.1 Å². The molecular weight excluding hydrogens is 428 g/mol. The molecule has 0 radical (unpaired) electrons. The highest BCUT2D eigenvalue weighted by Gasteiger charge is 2.25. The molecule has 0 aliphatic heterocycles. The summed E-state index contributed by atoms with van der Waals surface area (Å²) in [6.45, 7) is 0.682. The molecule has 1 fully saturated rings. The van der Waals surface area contributed by atoms with Gasteiger partial charge in [0.1, 0.15) is 0 Å². The van der Waals surface area contributed by atoms with Crippen LogP contribution in [0.25, 0.3) is 10.8 Å². The molecule has 6 nitrogen and oxygen atoms in total. The summed E-state index contributed by atoms with van der Waals surface area (Å²) in [5.41, 5.74) is 2.34. The number of amides is 2. The zero-order valence-corrected chi connectivity index (χ0v) is 19.1. The van der Waals surface area contributed by atoms with Crippen LogP contribution in [0, 0.1) is 11.8 Å². The Morgan fingerprint density at radius 1 is 0.735 bits per heavy atom. The Hall–Kier alpha value is -3.67. The lowest BCUT2D eigenvalue weighted by molar-refractivity contribution is -0.143. The number of nitrogens with one attached hydrogen (secondary N) is 2. The minimum Gasteiger partial charge on any atom is -0.481 e. The van der Waals surface area contributed by atoms with E-state index in [1.165, 1.54) is 0 Å². The van der Waals surface area contributed by atoms with Gasteiger partial charge in [0, 0.05) is 24.2 Å². The quantitative estimate of drug-likeness (QED) is 0.435. The lowest BCUT2D eigenvalue weighted by atomic mass is 9.79. The van der Waals surface area contributed by atoms with Crippen LogP contribution in [0.5, 0.6) is 0 Å². The van der Waals surface area contributed by atoms with Crippen LogP contribution in [0.2, 0.25) is 0 Å². The van der Waals surface area contributed by atoms with Gasteiger partial charge in [-0.2, -0.15) is 0 Å². The minimum absolute atomic E-state index is 0.165. The van der Waals surface area contributed by atoms with Gasteiger partial charge in [0.25, 0.3) is 11.8 Å². The third kappa shape index (κ3) is 6.01. The van der Waals surface area contributed by atoms with E-state index in [4.69, 9.17) is 5.11 Å². The molecule has 0 atom stereocenters. The second-order valence-corrected chi connectivity index (χ2v) is 9.03. The molecule has 1 aliphatic rings. The molecule has 4 rings (SSSR count). The second kappa shape index (κ2) is 11.0. The van der Waals surface area contributed by atoms with Crippen LogP contribution in [0.1, 0.15) is 52.0 Å². The summed E-state index contributed by atoms with van der Waals surface area (Å²) in [6, 6.07) is 21.1. The third-order valence-electron chi connectivity index (χ3n) is 6.64. The first-order valence-electron chi connectivity index (χ1n) is 11.9. The van der Waals surface area contributed by atoms with Crippen LogP contribution in [0.4, 0.5) is 0 Å². The topological polar surface area (TPSA) is 95.5 Å². The molecule has 0 unspecified atom stereocenters. The molecule has 0 aromatic heterocycles. The summed E-state index contributed by atoms with van der Waals surface area (Å²) in [7, 11) is 0. The van der Waals surface area contributed by atoms with Crippen LogP contribution in [-0.2, 0) is 11.2 Å². The third-order valence-corrected chi connectivity index (χ3v) is 6.64. The predicted molar refractivity (Wildman–Crippen MR) is 132 cm³/mol. The Kier molecular flexibility index (Phi) is 7.58. The number of hydrogen-bond donors (Lipinski definition) is 3. The van der Waals surface area contributed by atoms with E-state index < -0.39 is 5.97 Å². The SMILES string of the molecule is O=C(NCCNC(=O)c1ccc2ccccc2c1)c1ccc(CC2CCC(C(=O)O)CC2)cc1. The highest BCUT2D eigenvalue weighted by atomic mass is 16.4. The summed E-state index contributed by atoms with van der Waals surface area (Å²) in [5.74, 6) is -0.710. The minimum atomic E-state index is -0.679. The first-order chi connectivity index (χ1) is 16.5. The van der Waals surface area contributed by atoms with Gasteiger partial charge in [0.05, 0.1) is 5.92 Å². The van der Waals surface area contributed by atoms with Crippen molar-refractivity contribution in [2.45, 2.75) is 32.1 Å². The number of benzene rings is 3. The number of carbonyl (C=O) groups excluding carboxylic acids is 2. The monoisotopic (exact) mass is 458 g/mol. The largest absolute Gasteiger partial charge is 0.481 e. The van der Waals surface area contributed by atoms with Crippen LogP contribution in [-0.4, -0.2) is 36.0 Å². The number of carbonyl (C=O) groups is 3. The Morgan fingerprint density at radius 3 is 1.97 bits per heavy atom. The Bertz CT molecular complexity index is 1160. The van der Waals surface area contributed by atoms with Gasteiger partial charge in [-0.25, -0.2) is 0 Å². The summed E-state index contributed by atoms with van der Waals surface area (Å²) in [6.07, 6.45) is 4.28. The molecule has 0 heterocycles. The van der Waals surface area contributed by atoms with E-state index >= 15 is 0 Å². The molecule has 1 aliphatic carbocycles. The fourth-order valence-corrected chi connectivity index (χ4v) is 4.63. The summed E-state index contributed by atoms with van der Waals surface area (Å²) in [5, 5.41) is 16.9. The number of rotatable bonds is 8. The number of carboxylic acid groups (broad SMARTS) is 1. The van der Waals surface area contributed by atoms with Crippen LogP contribution >= 0.6 is 0 Å². The van der Waals surface area contributed by atoms with E-state index in [1.807, 2.05) is 60.7 Å². The van der Waals surface area contributed by atoms with Gasteiger partial charge in [-0.3, -0.25) is 14.4 Å². The van der Waals surface area contributed by atoms with Gasteiger partial charge in [0.2, 0.25) is 0 Å². The zero-order valence-electron chi connectivity index (χ0n) is 19.1. The van der Waals surface area contributed by atoms with Gasteiger partial charge < -0.3 is 15.7 Å². The van der Waals surface area contributed by atoms with E-state index in [2.05, 4.69) is 10.6 Å². The molecule has 3 N–H and O–H groups in total. The van der Waals surface area contributed by atoms with Gasteiger partial charge >= 0.3 is 5.97 Å². The number of carboxylic acids is 1. The fraction of sp³-hybridized carbons (Fsp3) is 0.321. The van der Waals surface area contributed by atoms with Crippen molar-refractivity contribution in [3.05, 3.63) is 83.4 Å². The summed E-state index contributed by atoms with van der Waals surface area (Å²) >= 11 is 0. The lowest BCUT2D eigenvalue weighted by Gasteiger charge is -2.26. The Morgan fingerprint density at radius 2 is 1.32 bits per heavy atom. The molecular formula is C28H30N2O4. The van der Waals surface area contributed by atoms with Gasteiger partial charge in [-0.1, -0.05) is 42.5 Å². The smallest absolute Gasteiger partial charge is 0.306 e. The van der Waals surface area contributed by atoms with Crippen LogP contribution < -0.4 is 10.6 Å². The fourth-order valence-electron chi connectivity index (χ4n) is 4.63. The molecule has 0 saturated heterocycles. The van der Waals surface area contributed by atoms with Crippen LogP contribution in [0.15, 0.2) is 66.7 Å². The molecule has 176 valence electrons. The average molecular weight is 459 g/mol. The maximum Gasteiger partial charge on any atom is 0.306 e. The molecule has 2 amide bonds. The first kappa shape index (κ1) is 23.5. The van der Waals surface area contributed by atoms with E-state index in [0.29, 0.717) is 30.1 Å².